The molecule has 7 heteroatoms. The highest BCUT2D eigenvalue weighted by molar-refractivity contribution is 7.99. The third-order valence-corrected chi connectivity index (χ3v) is 5.91. The van der Waals surface area contributed by atoms with Gasteiger partial charge in [-0.05, 0) is 49.7 Å². The number of carbonyl (C=O) groups excluding carboxylic acids is 1. The molecule has 1 heterocycles. The van der Waals surface area contributed by atoms with Gasteiger partial charge in [0.1, 0.15) is 0 Å². The van der Waals surface area contributed by atoms with E-state index in [0.717, 1.165) is 34.0 Å². The lowest BCUT2D eigenvalue weighted by Gasteiger charge is -2.11. The molecule has 1 N–H and O–H groups in total. The Bertz CT molecular complexity index is 1050. The van der Waals surface area contributed by atoms with Crippen molar-refractivity contribution >= 4 is 47.1 Å². The Balaban J connectivity index is 1.57. The van der Waals surface area contributed by atoms with Crippen LogP contribution < -0.4 is 5.43 Å². The van der Waals surface area contributed by atoms with Crippen LogP contribution in [0.5, 0.6) is 0 Å². The van der Waals surface area contributed by atoms with Crippen molar-refractivity contribution in [3.63, 3.8) is 0 Å². The zero-order valence-electron chi connectivity index (χ0n) is 16.2. The van der Waals surface area contributed by atoms with Crippen LogP contribution in [0.2, 0.25) is 10.0 Å². The molecule has 3 rings (SSSR count). The van der Waals surface area contributed by atoms with Gasteiger partial charge in [0.15, 0.2) is 0 Å². The number of rotatable bonds is 7. The summed E-state index contributed by atoms with van der Waals surface area (Å²) >= 11 is 13.8. The molecule has 2 aromatic carbocycles. The van der Waals surface area contributed by atoms with Gasteiger partial charge in [-0.25, -0.2) is 5.43 Å². The average molecular weight is 446 g/mol. The molecule has 0 aliphatic rings. The summed E-state index contributed by atoms with van der Waals surface area (Å²) in [6.45, 7) is 4.01. The monoisotopic (exact) mass is 445 g/mol. The topological polar surface area (TPSA) is 46.4 Å². The molecule has 0 saturated heterocycles. The highest BCUT2D eigenvalue weighted by atomic mass is 35.5. The van der Waals surface area contributed by atoms with Gasteiger partial charge in [-0.3, -0.25) is 4.79 Å². The number of para-hydroxylation sites is 1. The third-order valence-electron chi connectivity index (χ3n) is 4.35. The standard InChI is InChI=1S/C22H21Cl2N3OS/c1-15-10-18(16(2)27(15)21-9-4-3-8-20(21)24)12-25-26-22(28)14-29-13-17-6-5-7-19(23)11-17/h3-12H,13-14H2,1-2H3,(H,26,28)/b25-12-. The van der Waals surface area contributed by atoms with E-state index < -0.39 is 0 Å². The molecule has 0 spiro atoms. The summed E-state index contributed by atoms with van der Waals surface area (Å²) in [4.78, 5) is 12.0. The molecule has 150 valence electrons. The molecule has 0 saturated carbocycles. The van der Waals surface area contributed by atoms with Gasteiger partial charge >= 0.3 is 0 Å². The molecule has 4 nitrogen and oxygen atoms in total. The zero-order chi connectivity index (χ0) is 20.8. The number of aryl methyl sites for hydroxylation is 1. The number of nitrogens with zero attached hydrogens (tertiary/aromatic N) is 2. The van der Waals surface area contributed by atoms with Gasteiger partial charge < -0.3 is 4.57 Å². The van der Waals surface area contributed by atoms with Crippen LogP contribution in [0.15, 0.2) is 59.7 Å². The first-order chi connectivity index (χ1) is 14.0. The molecule has 0 atom stereocenters. The van der Waals surface area contributed by atoms with E-state index in [1.807, 2.05) is 68.4 Å². The van der Waals surface area contributed by atoms with E-state index in [9.17, 15) is 4.79 Å². The number of halogens is 2. The molecule has 0 bridgehead atoms. The van der Waals surface area contributed by atoms with E-state index in [2.05, 4.69) is 15.1 Å². The molecule has 3 aromatic rings. The lowest BCUT2D eigenvalue weighted by molar-refractivity contribution is -0.118. The van der Waals surface area contributed by atoms with Crippen molar-refractivity contribution in [1.29, 1.82) is 0 Å². The van der Waals surface area contributed by atoms with Gasteiger partial charge in [-0.1, -0.05) is 47.5 Å². The number of benzene rings is 2. The second-order valence-electron chi connectivity index (χ2n) is 6.53. The summed E-state index contributed by atoms with van der Waals surface area (Å²) < 4.78 is 2.08. The minimum absolute atomic E-state index is 0.145. The smallest absolute Gasteiger partial charge is 0.250 e. The molecule has 0 radical (unpaired) electrons. The largest absolute Gasteiger partial charge is 0.316 e. The van der Waals surface area contributed by atoms with Crippen molar-refractivity contribution in [2.75, 3.05) is 5.75 Å². The van der Waals surface area contributed by atoms with Gasteiger partial charge in [0.25, 0.3) is 0 Å². The normalized spacial score (nSPS) is 11.2. The van der Waals surface area contributed by atoms with Crippen LogP contribution in [-0.2, 0) is 10.5 Å². The van der Waals surface area contributed by atoms with E-state index in [1.54, 1.807) is 6.21 Å². The first-order valence-electron chi connectivity index (χ1n) is 9.03. The molecule has 0 aliphatic carbocycles. The Kier molecular flexibility index (Phi) is 7.42. The first kappa shape index (κ1) is 21.5. The number of hydrazone groups is 1. The van der Waals surface area contributed by atoms with E-state index in [1.165, 1.54) is 11.8 Å². The second kappa shape index (κ2) is 10.0. The molecular formula is C22H21Cl2N3OS. The van der Waals surface area contributed by atoms with Gasteiger partial charge in [-0.15, -0.1) is 11.8 Å². The summed E-state index contributed by atoms with van der Waals surface area (Å²) in [6.07, 6.45) is 1.66. The van der Waals surface area contributed by atoms with Crippen molar-refractivity contribution in [3.8, 4) is 5.69 Å². The van der Waals surface area contributed by atoms with Gasteiger partial charge in [0.05, 0.1) is 22.7 Å². The van der Waals surface area contributed by atoms with Crippen LogP contribution in [0.25, 0.3) is 5.69 Å². The van der Waals surface area contributed by atoms with Gasteiger partial charge in [0, 0.05) is 27.7 Å². The number of hydrogen-bond donors (Lipinski definition) is 1. The van der Waals surface area contributed by atoms with Gasteiger partial charge in [-0.2, -0.15) is 5.10 Å². The Morgan fingerprint density at radius 2 is 1.93 bits per heavy atom. The molecular weight excluding hydrogens is 425 g/mol. The number of carbonyl (C=O) groups is 1. The fourth-order valence-corrected chi connectivity index (χ4v) is 4.22. The predicted octanol–water partition coefficient (Wildman–Crippen LogP) is 5.78. The van der Waals surface area contributed by atoms with E-state index in [4.69, 9.17) is 23.2 Å². The minimum atomic E-state index is -0.145. The Morgan fingerprint density at radius 1 is 1.14 bits per heavy atom. The van der Waals surface area contributed by atoms with E-state index in [0.29, 0.717) is 15.8 Å². The average Bonchev–Trinajstić information content (AvgIpc) is 2.96. The molecule has 0 aliphatic heterocycles. The first-order valence-corrected chi connectivity index (χ1v) is 10.9. The molecule has 29 heavy (non-hydrogen) atoms. The Morgan fingerprint density at radius 3 is 2.69 bits per heavy atom. The van der Waals surface area contributed by atoms with Crippen LogP contribution in [0, 0.1) is 13.8 Å². The summed E-state index contributed by atoms with van der Waals surface area (Å²) in [5.74, 6) is 0.896. The van der Waals surface area contributed by atoms with Crippen molar-refractivity contribution in [3.05, 3.63) is 87.2 Å². The highest BCUT2D eigenvalue weighted by Gasteiger charge is 2.11. The number of aromatic nitrogens is 1. The lowest BCUT2D eigenvalue weighted by atomic mass is 10.2. The molecule has 0 fully saturated rings. The molecule has 1 amide bonds. The van der Waals surface area contributed by atoms with Crippen molar-refractivity contribution in [1.82, 2.24) is 9.99 Å². The quantitative estimate of drug-likeness (QED) is 0.369. The second-order valence-corrected chi connectivity index (χ2v) is 8.36. The summed E-state index contributed by atoms with van der Waals surface area (Å²) in [5, 5.41) is 5.49. The third kappa shape index (κ3) is 5.66. The fourth-order valence-electron chi connectivity index (χ4n) is 3.02. The maximum absolute atomic E-state index is 12.0. The number of thioether (sulfide) groups is 1. The number of nitrogens with one attached hydrogen (secondary N) is 1. The van der Waals surface area contributed by atoms with Crippen molar-refractivity contribution in [2.24, 2.45) is 5.10 Å². The highest BCUT2D eigenvalue weighted by Crippen LogP contribution is 2.25. The fraction of sp³-hybridized carbons (Fsp3) is 0.182. The zero-order valence-corrected chi connectivity index (χ0v) is 18.5. The molecule has 1 aromatic heterocycles. The number of hydrogen-bond acceptors (Lipinski definition) is 3. The summed E-state index contributed by atoms with van der Waals surface area (Å²) in [6, 6.07) is 17.3. The van der Waals surface area contributed by atoms with E-state index >= 15 is 0 Å². The lowest BCUT2D eigenvalue weighted by Crippen LogP contribution is -2.19. The Labute approximate surface area is 184 Å². The van der Waals surface area contributed by atoms with Crippen molar-refractivity contribution < 1.29 is 4.79 Å². The van der Waals surface area contributed by atoms with E-state index in [-0.39, 0.29) is 5.91 Å². The van der Waals surface area contributed by atoms with Crippen molar-refractivity contribution in [2.45, 2.75) is 19.6 Å². The SMILES string of the molecule is Cc1cc(/C=N\NC(=O)CSCc2cccc(Cl)c2)c(C)n1-c1ccccc1Cl. The Hall–Kier alpha value is -2.21. The van der Waals surface area contributed by atoms with Crippen LogP contribution >= 0.6 is 35.0 Å². The molecule has 0 unspecified atom stereocenters. The van der Waals surface area contributed by atoms with Crippen LogP contribution in [0.4, 0.5) is 0 Å². The minimum Gasteiger partial charge on any atom is -0.316 e. The number of amides is 1. The maximum Gasteiger partial charge on any atom is 0.250 e. The van der Waals surface area contributed by atoms with Crippen LogP contribution in [-0.4, -0.2) is 22.4 Å². The summed E-state index contributed by atoms with van der Waals surface area (Å²) in [7, 11) is 0. The van der Waals surface area contributed by atoms with Crippen LogP contribution in [0.3, 0.4) is 0 Å². The summed E-state index contributed by atoms with van der Waals surface area (Å²) in [5.41, 5.74) is 7.57. The maximum atomic E-state index is 12.0. The van der Waals surface area contributed by atoms with Gasteiger partial charge in [0.2, 0.25) is 5.91 Å². The predicted molar refractivity (Wildman–Crippen MR) is 124 cm³/mol. The van der Waals surface area contributed by atoms with Crippen LogP contribution in [0.1, 0.15) is 22.5 Å².